The Morgan fingerprint density at radius 2 is 1.64 bits per heavy atom. The molecule has 4 nitrogen and oxygen atoms in total. The van der Waals surface area contributed by atoms with Crippen LogP contribution in [0.3, 0.4) is 0 Å². The van der Waals surface area contributed by atoms with Crippen LogP contribution >= 0.6 is 0 Å². The summed E-state index contributed by atoms with van der Waals surface area (Å²) in [4.78, 5) is 14.6. The zero-order valence-electron chi connectivity index (χ0n) is 23.8. The first-order valence-corrected chi connectivity index (χ1v) is 14.8. The number of hydrogen-bond donors (Lipinski definition) is 1. The number of aryl methyl sites for hydroxylation is 1. The Bertz CT molecular complexity index is 1190. The van der Waals surface area contributed by atoms with Gasteiger partial charge in [0.2, 0.25) is 5.91 Å². The lowest BCUT2D eigenvalue weighted by Gasteiger charge is -2.50. The quantitative estimate of drug-likeness (QED) is 0.321. The number of hydrogen-bond acceptors (Lipinski definition) is 3. The SMILES string of the molecule is COc1ccc2c(c1)CCC1(CCCCN1CCCC(CCNC(C)=O)(c1ccccc1)c1ccccc1)C2. The van der Waals surface area contributed by atoms with Crippen molar-refractivity contribution in [2.24, 2.45) is 0 Å². The molecule has 0 saturated carbocycles. The minimum atomic E-state index is -0.135. The first kappa shape index (κ1) is 27.5. The molecule has 0 aromatic heterocycles. The Morgan fingerprint density at radius 3 is 2.31 bits per heavy atom. The second kappa shape index (κ2) is 12.4. The van der Waals surface area contributed by atoms with Gasteiger partial charge in [-0.05, 0) is 98.8 Å². The number of likely N-dealkylation sites (tertiary alicyclic amines) is 1. The highest BCUT2D eigenvalue weighted by Gasteiger charge is 2.41. The molecule has 2 aliphatic rings. The maximum Gasteiger partial charge on any atom is 0.216 e. The third-order valence-electron chi connectivity index (χ3n) is 9.39. The largest absolute Gasteiger partial charge is 0.497 e. The first-order valence-electron chi connectivity index (χ1n) is 14.8. The summed E-state index contributed by atoms with van der Waals surface area (Å²) < 4.78 is 5.50. The number of amides is 1. The van der Waals surface area contributed by atoms with E-state index in [1.165, 1.54) is 54.5 Å². The molecule has 1 heterocycles. The molecule has 206 valence electrons. The summed E-state index contributed by atoms with van der Waals surface area (Å²) in [5.74, 6) is 1.01. The second-order valence-corrected chi connectivity index (χ2v) is 11.6. The Hall–Kier alpha value is -3.11. The lowest BCUT2D eigenvalue weighted by Crippen LogP contribution is -2.55. The number of nitrogens with one attached hydrogen (secondary N) is 1. The van der Waals surface area contributed by atoms with E-state index in [2.05, 4.69) is 89.1 Å². The number of rotatable bonds is 10. The van der Waals surface area contributed by atoms with Gasteiger partial charge in [0, 0.05) is 24.4 Å². The van der Waals surface area contributed by atoms with Crippen LogP contribution in [0.2, 0.25) is 0 Å². The molecule has 0 bridgehead atoms. The van der Waals surface area contributed by atoms with E-state index < -0.39 is 0 Å². The Kier molecular flexibility index (Phi) is 8.72. The summed E-state index contributed by atoms with van der Waals surface area (Å²) in [6.45, 7) is 4.60. The number of benzene rings is 3. The van der Waals surface area contributed by atoms with Gasteiger partial charge >= 0.3 is 0 Å². The Morgan fingerprint density at radius 1 is 0.923 bits per heavy atom. The van der Waals surface area contributed by atoms with Crippen LogP contribution in [0.15, 0.2) is 78.9 Å². The highest BCUT2D eigenvalue weighted by molar-refractivity contribution is 5.72. The van der Waals surface area contributed by atoms with Crippen LogP contribution in [-0.4, -0.2) is 43.1 Å². The molecule has 1 fully saturated rings. The molecule has 3 aromatic carbocycles. The molecule has 39 heavy (non-hydrogen) atoms. The Labute approximate surface area is 234 Å². The highest BCUT2D eigenvalue weighted by Crippen LogP contribution is 2.43. The standard InChI is InChI=1S/C35H44N2O2/c1-28(38)36-23-22-35(31-12-5-3-6-13-31,32-14-7-4-8-15-32)20-11-25-37-24-10-9-19-34(37)21-18-29-26-33(39-2)17-16-30(29)27-34/h3-8,12-17,26H,9-11,18-25,27H2,1-2H3,(H,36,38). The molecule has 1 aliphatic carbocycles. The van der Waals surface area contributed by atoms with Gasteiger partial charge in [-0.25, -0.2) is 0 Å². The average Bonchev–Trinajstić information content (AvgIpc) is 2.98. The molecule has 1 saturated heterocycles. The van der Waals surface area contributed by atoms with E-state index in [0.717, 1.165) is 44.4 Å². The van der Waals surface area contributed by atoms with Gasteiger partial charge in [0.1, 0.15) is 5.75 Å². The van der Waals surface area contributed by atoms with Crippen molar-refractivity contribution in [2.45, 2.75) is 75.7 Å². The highest BCUT2D eigenvalue weighted by atomic mass is 16.5. The maximum absolute atomic E-state index is 11.8. The van der Waals surface area contributed by atoms with Gasteiger partial charge < -0.3 is 10.1 Å². The van der Waals surface area contributed by atoms with Crippen LogP contribution in [0.1, 0.15) is 74.1 Å². The summed E-state index contributed by atoms with van der Waals surface area (Å²) in [6, 6.07) is 28.6. The van der Waals surface area contributed by atoms with E-state index in [0.29, 0.717) is 6.54 Å². The molecular weight excluding hydrogens is 480 g/mol. The lowest BCUT2D eigenvalue weighted by molar-refractivity contribution is -0.119. The van der Waals surface area contributed by atoms with Gasteiger partial charge in [0.25, 0.3) is 0 Å². The predicted molar refractivity (Wildman–Crippen MR) is 159 cm³/mol. The summed E-state index contributed by atoms with van der Waals surface area (Å²) in [5, 5.41) is 3.09. The van der Waals surface area contributed by atoms with Gasteiger partial charge in [-0.15, -0.1) is 0 Å². The summed E-state index contributed by atoms with van der Waals surface area (Å²) in [6.07, 6.45) is 10.5. The fraction of sp³-hybridized carbons (Fsp3) is 0.457. The fourth-order valence-corrected chi connectivity index (χ4v) is 7.34. The van der Waals surface area contributed by atoms with E-state index in [9.17, 15) is 4.79 Å². The third-order valence-corrected chi connectivity index (χ3v) is 9.39. The van der Waals surface area contributed by atoms with Gasteiger partial charge in [0.15, 0.2) is 0 Å². The molecule has 1 amide bonds. The summed E-state index contributed by atoms with van der Waals surface area (Å²) in [5.41, 5.74) is 5.80. The molecule has 4 heteroatoms. The second-order valence-electron chi connectivity index (χ2n) is 11.6. The minimum Gasteiger partial charge on any atom is -0.497 e. The maximum atomic E-state index is 11.8. The molecule has 1 unspecified atom stereocenters. The third kappa shape index (κ3) is 6.06. The predicted octanol–water partition coefficient (Wildman–Crippen LogP) is 6.70. The summed E-state index contributed by atoms with van der Waals surface area (Å²) >= 11 is 0. The van der Waals surface area contributed by atoms with E-state index in [1.807, 2.05) is 0 Å². The van der Waals surface area contributed by atoms with Crippen molar-refractivity contribution in [3.05, 3.63) is 101 Å². The molecule has 1 spiro atoms. The van der Waals surface area contributed by atoms with Gasteiger partial charge in [-0.2, -0.15) is 0 Å². The average molecular weight is 525 g/mol. The molecule has 1 atom stereocenters. The first-order chi connectivity index (χ1) is 19.0. The zero-order valence-corrected chi connectivity index (χ0v) is 23.8. The van der Waals surface area contributed by atoms with Crippen LogP contribution in [0, 0.1) is 0 Å². The zero-order chi connectivity index (χ0) is 27.1. The van der Waals surface area contributed by atoms with Crippen LogP contribution in [0.25, 0.3) is 0 Å². The van der Waals surface area contributed by atoms with Crippen molar-refractivity contribution in [3.8, 4) is 5.75 Å². The smallest absolute Gasteiger partial charge is 0.216 e. The van der Waals surface area contributed by atoms with Gasteiger partial charge in [-0.1, -0.05) is 73.2 Å². The van der Waals surface area contributed by atoms with Crippen molar-refractivity contribution < 1.29 is 9.53 Å². The van der Waals surface area contributed by atoms with E-state index in [-0.39, 0.29) is 16.9 Å². The van der Waals surface area contributed by atoms with Crippen LogP contribution < -0.4 is 10.1 Å². The number of methoxy groups -OCH3 is 1. The van der Waals surface area contributed by atoms with Crippen molar-refractivity contribution in [2.75, 3.05) is 26.7 Å². The van der Waals surface area contributed by atoms with E-state index in [4.69, 9.17) is 4.74 Å². The number of piperidine rings is 1. The number of ether oxygens (including phenoxy) is 1. The van der Waals surface area contributed by atoms with Crippen molar-refractivity contribution in [1.82, 2.24) is 10.2 Å². The molecule has 3 aromatic rings. The number of fused-ring (bicyclic) bond motifs is 1. The lowest BCUT2D eigenvalue weighted by atomic mass is 9.68. The summed E-state index contributed by atoms with van der Waals surface area (Å²) in [7, 11) is 1.76. The van der Waals surface area contributed by atoms with E-state index >= 15 is 0 Å². The number of carbonyl (C=O) groups excluding carboxylic acids is 1. The minimum absolute atomic E-state index is 0.0375. The molecule has 5 rings (SSSR count). The normalized spacial score (nSPS) is 19.4. The topological polar surface area (TPSA) is 41.6 Å². The number of nitrogens with zero attached hydrogens (tertiary/aromatic N) is 1. The fourth-order valence-electron chi connectivity index (χ4n) is 7.34. The van der Waals surface area contributed by atoms with Crippen LogP contribution in [-0.2, 0) is 23.1 Å². The van der Waals surface area contributed by atoms with Gasteiger partial charge in [-0.3, -0.25) is 9.69 Å². The monoisotopic (exact) mass is 524 g/mol. The molecule has 0 radical (unpaired) electrons. The molecular formula is C35H44N2O2. The van der Waals surface area contributed by atoms with Crippen LogP contribution in [0.4, 0.5) is 0 Å². The Balaban J connectivity index is 1.37. The van der Waals surface area contributed by atoms with Crippen molar-refractivity contribution in [3.63, 3.8) is 0 Å². The van der Waals surface area contributed by atoms with Crippen molar-refractivity contribution >= 4 is 5.91 Å². The van der Waals surface area contributed by atoms with Gasteiger partial charge in [0.05, 0.1) is 7.11 Å². The molecule has 1 N–H and O–H groups in total. The van der Waals surface area contributed by atoms with E-state index in [1.54, 1.807) is 14.0 Å². The van der Waals surface area contributed by atoms with Crippen LogP contribution in [0.5, 0.6) is 5.75 Å². The van der Waals surface area contributed by atoms with Crippen molar-refractivity contribution in [1.29, 1.82) is 0 Å². The number of carbonyl (C=O) groups is 1. The molecule has 1 aliphatic heterocycles.